The second-order valence-electron chi connectivity index (χ2n) is 8.40. The summed E-state index contributed by atoms with van der Waals surface area (Å²) in [7, 11) is -2.43. The number of ether oxygens (including phenoxy) is 2. The van der Waals surface area contributed by atoms with E-state index < -0.39 is 21.7 Å². The summed E-state index contributed by atoms with van der Waals surface area (Å²) in [5, 5.41) is 2.66. The van der Waals surface area contributed by atoms with Crippen LogP contribution in [0.1, 0.15) is 36.0 Å². The van der Waals surface area contributed by atoms with Crippen molar-refractivity contribution in [3.05, 3.63) is 47.8 Å². The van der Waals surface area contributed by atoms with Crippen LogP contribution in [0.4, 0.5) is 15.8 Å². The molecule has 4 rings (SSSR count). The number of benzene rings is 2. The highest BCUT2D eigenvalue weighted by Crippen LogP contribution is 2.30. The van der Waals surface area contributed by atoms with Crippen molar-refractivity contribution in [2.24, 2.45) is 0 Å². The molecule has 8 nitrogen and oxygen atoms in total. The number of nitrogens with one attached hydrogen (secondary N) is 1. The van der Waals surface area contributed by atoms with Crippen molar-refractivity contribution in [3.8, 4) is 5.75 Å². The third-order valence-corrected chi connectivity index (χ3v) is 8.09. The lowest BCUT2D eigenvalue weighted by Crippen LogP contribution is -2.36. The minimum absolute atomic E-state index is 0.0432. The van der Waals surface area contributed by atoms with Crippen molar-refractivity contribution in [1.82, 2.24) is 4.31 Å². The van der Waals surface area contributed by atoms with Crippen molar-refractivity contribution in [2.45, 2.75) is 30.6 Å². The van der Waals surface area contributed by atoms with Gasteiger partial charge in [0, 0.05) is 37.4 Å². The molecule has 0 atom stereocenters. The van der Waals surface area contributed by atoms with Crippen molar-refractivity contribution in [3.63, 3.8) is 0 Å². The van der Waals surface area contributed by atoms with Crippen LogP contribution in [0.25, 0.3) is 0 Å². The Morgan fingerprint density at radius 3 is 2.35 bits per heavy atom. The van der Waals surface area contributed by atoms with Gasteiger partial charge >= 0.3 is 0 Å². The Bertz CT molecular complexity index is 1130. The average molecular weight is 492 g/mol. The van der Waals surface area contributed by atoms with E-state index in [1.807, 2.05) is 4.90 Å². The first-order valence-electron chi connectivity index (χ1n) is 11.5. The molecule has 2 fully saturated rings. The number of hydrogen-bond acceptors (Lipinski definition) is 6. The van der Waals surface area contributed by atoms with Gasteiger partial charge in [0.1, 0.15) is 16.5 Å². The topological polar surface area (TPSA) is 88.2 Å². The maximum atomic E-state index is 14.7. The van der Waals surface area contributed by atoms with Gasteiger partial charge < -0.3 is 19.7 Å². The molecule has 2 aromatic rings. The number of sulfonamides is 1. The van der Waals surface area contributed by atoms with Gasteiger partial charge in [-0.1, -0.05) is 12.8 Å². The van der Waals surface area contributed by atoms with Crippen molar-refractivity contribution < 1.29 is 27.1 Å². The summed E-state index contributed by atoms with van der Waals surface area (Å²) < 4.78 is 53.4. The number of nitrogens with zero attached hydrogens (tertiary/aromatic N) is 2. The van der Waals surface area contributed by atoms with Crippen molar-refractivity contribution in [1.29, 1.82) is 0 Å². The molecule has 10 heteroatoms. The zero-order valence-electron chi connectivity index (χ0n) is 19.3. The largest absolute Gasteiger partial charge is 0.495 e. The maximum absolute atomic E-state index is 14.7. The van der Waals surface area contributed by atoms with Crippen LogP contribution in [0.2, 0.25) is 0 Å². The van der Waals surface area contributed by atoms with E-state index in [0.717, 1.165) is 25.7 Å². The van der Waals surface area contributed by atoms with Gasteiger partial charge in [-0.15, -0.1) is 0 Å². The number of halogens is 1. The molecule has 2 saturated heterocycles. The van der Waals surface area contributed by atoms with E-state index >= 15 is 0 Å². The highest BCUT2D eigenvalue weighted by atomic mass is 32.2. The van der Waals surface area contributed by atoms with Gasteiger partial charge in [-0.3, -0.25) is 4.79 Å². The van der Waals surface area contributed by atoms with Gasteiger partial charge in [-0.2, -0.15) is 4.31 Å². The first kappa shape index (κ1) is 24.4. The summed E-state index contributed by atoms with van der Waals surface area (Å²) >= 11 is 0. The minimum Gasteiger partial charge on any atom is -0.495 e. The molecule has 0 spiro atoms. The number of anilines is 2. The maximum Gasteiger partial charge on any atom is 0.255 e. The Labute approximate surface area is 199 Å². The van der Waals surface area contributed by atoms with Crippen LogP contribution < -0.4 is 15.0 Å². The summed E-state index contributed by atoms with van der Waals surface area (Å²) in [6.07, 6.45) is 3.58. The Hall–Kier alpha value is -2.69. The first-order valence-corrected chi connectivity index (χ1v) is 13.0. The third-order valence-electron chi connectivity index (χ3n) is 6.17. The van der Waals surface area contributed by atoms with E-state index in [0.29, 0.717) is 45.1 Å². The van der Waals surface area contributed by atoms with Crippen LogP contribution >= 0.6 is 0 Å². The van der Waals surface area contributed by atoms with Gasteiger partial charge in [-0.05, 0) is 49.2 Å². The predicted molar refractivity (Wildman–Crippen MR) is 128 cm³/mol. The molecule has 0 saturated carbocycles. The lowest BCUT2D eigenvalue weighted by Gasteiger charge is -2.29. The zero-order chi connectivity index (χ0) is 24.1. The minimum atomic E-state index is -3.83. The Morgan fingerprint density at radius 1 is 1.00 bits per heavy atom. The quantitative estimate of drug-likeness (QED) is 0.666. The molecule has 0 aromatic heterocycles. The molecular weight excluding hydrogens is 461 g/mol. The third kappa shape index (κ3) is 5.34. The van der Waals surface area contributed by atoms with E-state index in [2.05, 4.69) is 5.32 Å². The summed E-state index contributed by atoms with van der Waals surface area (Å²) in [6, 6.07) is 8.81. The molecule has 2 heterocycles. The molecular formula is C24H30FN3O5S. The van der Waals surface area contributed by atoms with Gasteiger partial charge in [0.15, 0.2) is 0 Å². The normalized spacial score (nSPS) is 17.8. The fourth-order valence-corrected chi connectivity index (χ4v) is 5.99. The fourth-order valence-electron chi connectivity index (χ4n) is 4.29. The molecule has 2 aromatic carbocycles. The van der Waals surface area contributed by atoms with Crippen LogP contribution in [0, 0.1) is 5.82 Å². The number of amides is 1. The van der Waals surface area contributed by atoms with Crippen LogP contribution in [0.5, 0.6) is 5.75 Å². The molecule has 2 aliphatic rings. The van der Waals surface area contributed by atoms with E-state index in [1.54, 1.807) is 12.1 Å². The lowest BCUT2D eigenvalue weighted by molar-refractivity contribution is 0.102. The molecule has 34 heavy (non-hydrogen) atoms. The molecule has 0 unspecified atom stereocenters. The molecule has 1 amide bonds. The van der Waals surface area contributed by atoms with Gasteiger partial charge in [0.25, 0.3) is 5.91 Å². The lowest BCUT2D eigenvalue weighted by atomic mass is 10.2. The second kappa shape index (κ2) is 10.7. The standard InChI is InChI=1S/C24H30FN3O5S/c1-32-22-9-6-18(16-23(22)34(30,31)28-10-4-2-3-5-11-28)24(29)26-19-7-8-21(20(25)17-19)27-12-14-33-15-13-27/h6-9,16-17H,2-5,10-15H2,1H3,(H,26,29). The molecule has 0 radical (unpaired) electrons. The summed E-state index contributed by atoms with van der Waals surface area (Å²) in [5.74, 6) is -0.797. The van der Waals surface area contributed by atoms with Crippen LogP contribution in [0.15, 0.2) is 41.3 Å². The van der Waals surface area contributed by atoms with Crippen LogP contribution in [-0.2, 0) is 14.8 Å². The Balaban J connectivity index is 1.55. The van der Waals surface area contributed by atoms with E-state index in [-0.39, 0.29) is 21.9 Å². The molecule has 0 bridgehead atoms. The zero-order valence-corrected chi connectivity index (χ0v) is 20.1. The summed E-state index contributed by atoms with van der Waals surface area (Å²) in [4.78, 5) is 14.8. The van der Waals surface area contributed by atoms with Gasteiger partial charge in [0.05, 0.1) is 26.0 Å². The van der Waals surface area contributed by atoms with Crippen LogP contribution in [0.3, 0.4) is 0 Å². The smallest absolute Gasteiger partial charge is 0.255 e. The number of rotatable bonds is 6. The van der Waals surface area contributed by atoms with Gasteiger partial charge in [-0.25, -0.2) is 12.8 Å². The number of methoxy groups -OCH3 is 1. The second-order valence-corrected chi connectivity index (χ2v) is 10.3. The highest BCUT2D eigenvalue weighted by molar-refractivity contribution is 7.89. The number of hydrogen-bond donors (Lipinski definition) is 1. The van der Waals surface area contributed by atoms with E-state index in [9.17, 15) is 17.6 Å². The molecule has 1 N–H and O–H groups in total. The van der Waals surface area contributed by atoms with Crippen molar-refractivity contribution in [2.75, 3.05) is 56.7 Å². The van der Waals surface area contributed by atoms with E-state index in [1.165, 1.54) is 35.7 Å². The van der Waals surface area contributed by atoms with E-state index in [4.69, 9.17) is 9.47 Å². The molecule has 0 aliphatic carbocycles. The Kier molecular flexibility index (Phi) is 7.70. The monoisotopic (exact) mass is 491 g/mol. The molecule has 2 aliphatic heterocycles. The number of carbonyl (C=O) groups is 1. The first-order chi connectivity index (χ1) is 16.4. The average Bonchev–Trinajstić information content (AvgIpc) is 3.14. The SMILES string of the molecule is COc1ccc(C(=O)Nc2ccc(N3CCOCC3)c(F)c2)cc1S(=O)(=O)N1CCCCCC1. The number of morpholine rings is 1. The highest BCUT2D eigenvalue weighted by Gasteiger charge is 2.29. The van der Waals surface area contributed by atoms with Gasteiger partial charge in [0.2, 0.25) is 10.0 Å². The number of carbonyl (C=O) groups excluding carboxylic acids is 1. The summed E-state index contributed by atoms with van der Waals surface area (Å²) in [6.45, 7) is 3.16. The predicted octanol–water partition coefficient (Wildman–Crippen LogP) is 3.49. The molecule has 184 valence electrons. The summed E-state index contributed by atoms with van der Waals surface area (Å²) in [5.41, 5.74) is 0.885. The fraction of sp³-hybridized carbons (Fsp3) is 0.458. The Morgan fingerprint density at radius 2 is 1.71 bits per heavy atom. The van der Waals surface area contributed by atoms with Crippen LogP contribution in [-0.4, -0.2) is 65.1 Å². The van der Waals surface area contributed by atoms with Crippen molar-refractivity contribution >= 4 is 27.3 Å².